The van der Waals surface area contributed by atoms with Crippen molar-refractivity contribution in [2.24, 2.45) is 5.73 Å². The molecule has 102 valence electrons. The van der Waals surface area contributed by atoms with E-state index >= 15 is 0 Å². The first-order valence-electron chi connectivity index (χ1n) is 6.50. The predicted molar refractivity (Wildman–Crippen MR) is 74.9 cm³/mol. The Balaban J connectivity index is 2.20. The Bertz CT molecular complexity index is 524. The molecular weight excluding hydrogens is 310 g/mol. The van der Waals surface area contributed by atoms with Crippen molar-refractivity contribution in [3.05, 3.63) is 21.7 Å². The van der Waals surface area contributed by atoms with Gasteiger partial charge in [0.25, 0.3) is 0 Å². The van der Waals surface area contributed by atoms with Crippen LogP contribution in [0.1, 0.15) is 41.6 Å². The third-order valence-corrected chi connectivity index (χ3v) is 4.93. The standard InChI is InChI=1S/C14H16BrNO3/c15-11-5-10(14(7-16)3-1-2-4-14)13-12(9(11)6-17)18-8-19-13/h5-6H,1-4,7-8,16H2. The lowest BCUT2D eigenvalue weighted by Crippen LogP contribution is -2.32. The van der Waals surface area contributed by atoms with E-state index in [1.165, 1.54) is 12.8 Å². The highest BCUT2D eigenvalue weighted by atomic mass is 79.9. The van der Waals surface area contributed by atoms with Gasteiger partial charge in [-0.15, -0.1) is 0 Å². The topological polar surface area (TPSA) is 61.6 Å². The minimum atomic E-state index is -0.0400. The van der Waals surface area contributed by atoms with E-state index in [4.69, 9.17) is 15.2 Å². The zero-order valence-corrected chi connectivity index (χ0v) is 12.2. The molecule has 0 radical (unpaired) electrons. The van der Waals surface area contributed by atoms with Crippen LogP contribution in [0.3, 0.4) is 0 Å². The normalized spacial score (nSPS) is 19.7. The quantitative estimate of drug-likeness (QED) is 0.868. The lowest BCUT2D eigenvalue weighted by molar-refractivity contribution is 0.111. The monoisotopic (exact) mass is 325 g/mol. The number of benzene rings is 1. The van der Waals surface area contributed by atoms with Crippen LogP contribution in [0.5, 0.6) is 11.5 Å². The van der Waals surface area contributed by atoms with Crippen molar-refractivity contribution in [3.63, 3.8) is 0 Å². The third kappa shape index (κ3) is 1.87. The maximum Gasteiger partial charge on any atom is 0.231 e. The zero-order chi connectivity index (χ0) is 13.5. The summed E-state index contributed by atoms with van der Waals surface area (Å²) >= 11 is 3.45. The summed E-state index contributed by atoms with van der Waals surface area (Å²) in [5.74, 6) is 1.26. The molecule has 0 spiro atoms. The number of fused-ring (bicyclic) bond motifs is 1. The molecular formula is C14H16BrNO3. The average molecular weight is 326 g/mol. The molecule has 0 atom stereocenters. The molecule has 1 heterocycles. The van der Waals surface area contributed by atoms with Crippen LogP contribution >= 0.6 is 15.9 Å². The Labute approximate surface area is 120 Å². The van der Waals surface area contributed by atoms with Crippen LogP contribution in [0.2, 0.25) is 0 Å². The highest BCUT2D eigenvalue weighted by molar-refractivity contribution is 9.10. The number of halogens is 1. The van der Waals surface area contributed by atoms with Gasteiger partial charge in [0.2, 0.25) is 6.79 Å². The van der Waals surface area contributed by atoms with Crippen molar-refractivity contribution in [2.45, 2.75) is 31.1 Å². The fourth-order valence-corrected chi connectivity index (χ4v) is 3.70. The molecule has 0 saturated heterocycles. The van der Waals surface area contributed by atoms with Gasteiger partial charge in [0.1, 0.15) is 0 Å². The molecule has 1 aliphatic heterocycles. The van der Waals surface area contributed by atoms with Gasteiger partial charge in [-0.25, -0.2) is 0 Å². The van der Waals surface area contributed by atoms with E-state index < -0.39 is 0 Å². The smallest absolute Gasteiger partial charge is 0.231 e. The number of aldehydes is 1. The van der Waals surface area contributed by atoms with E-state index in [1.807, 2.05) is 6.07 Å². The number of ether oxygens (including phenoxy) is 2. The molecule has 0 aromatic heterocycles. The minimum absolute atomic E-state index is 0.0400. The number of rotatable bonds is 3. The van der Waals surface area contributed by atoms with Crippen LogP contribution in [0, 0.1) is 0 Å². The minimum Gasteiger partial charge on any atom is -0.453 e. The second kappa shape index (κ2) is 4.80. The second-order valence-corrected chi connectivity index (χ2v) is 6.05. The molecule has 2 aliphatic rings. The summed E-state index contributed by atoms with van der Waals surface area (Å²) in [6.07, 6.45) is 5.28. The molecule has 4 nitrogen and oxygen atoms in total. The number of carbonyl (C=O) groups excluding carboxylic acids is 1. The lowest BCUT2D eigenvalue weighted by Gasteiger charge is -2.29. The van der Waals surface area contributed by atoms with Gasteiger partial charge >= 0.3 is 0 Å². The van der Waals surface area contributed by atoms with Crippen molar-refractivity contribution in [3.8, 4) is 11.5 Å². The van der Waals surface area contributed by atoms with Crippen LogP contribution in [0.25, 0.3) is 0 Å². The van der Waals surface area contributed by atoms with Crippen LogP contribution in [-0.2, 0) is 5.41 Å². The fourth-order valence-electron chi connectivity index (χ4n) is 3.20. The molecule has 0 bridgehead atoms. The maximum atomic E-state index is 11.2. The van der Waals surface area contributed by atoms with Crippen LogP contribution < -0.4 is 15.2 Å². The average Bonchev–Trinajstić information content (AvgIpc) is 3.07. The van der Waals surface area contributed by atoms with Crippen molar-refractivity contribution < 1.29 is 14.3 Å². The highest BCUT2D eigenvalue weighted by Gasteiger charge is 2.40. The summed E-state index contributed by atoms with van der Waals surface area (Å²) < 4.78 is 11.8. The first-order chi connectivity index (χ1) is 9.22. The van der Waals surface area contributed by atoms with Gasteiger partial charge in [-0.2, -0.15) is 0 Å². The van der Waals surface area contributed by atoms with Gasteiger partial charge in [0.05, 0.1) is 5.56 Å². The fraction of sp³-hybridized carbons (Fsp3) is 0.500. The number of hydrogen-bond acceptors (Lipinski definition) is 4. The van der Waals surface area contributed by atoms with Gasteiger partial charge in [0.15, 0.2) is 17.8 Å². The molecule has 1 aliphatic carbocycles. The van der Waals surface area contributed by atoms with Crippen molar-refractivity contribution >= 4 is 22.2 Å². The van der Waals surface area contributed by atoms with E-state index in [2.05, 4.69) is 15.9 Å². The van der Waals surface area contributed by atoms with Crippen molar-refractivity contribution in [2.75, 3.05) is 13.3 Å². The van der Waals surface area contributed by atoms with Crippen LogP contribution in [-0.4, -0.2) is 19.6 Å². The molecule has 0 amide bonds. The van der Waals surface area contributed by atoms with Gasteiger partial charge in [-0.3, -0.25) is 4.79 Å². The summed E-state index contributed by atoms with van der Waals surface area (Å²) in [5.41, 5.74) is 7.59. The summed E-state index contributed by atoms with van der Waals surface area (Å²) in [6, 6.07) is 1.98. The van der Waals surface area contributed by atoms with E-state index in [-0.39, 0.29) is 12.2 Å². The number of carbonyl (C=O) groups is 1. The van der Waals surface area contributed by atoms with Crippen molar-refractivity contribution in [1.29, 1.82) is 0 Å². The first-order valence-corrected chi connectivity index (χ1v) is 7.29. The molecule has 0 unspecified atom stereocenters. The van der Waals surface area contributed by atoms with E-state index in [0.29, 0.717) is 23.6 Å². The maximum absolute atomic E-state index is 11.2. The zero-order valence-electron chi connectivity index (χ0n) is 10.6. The summed E-state index contributed by atoms with van der Waals surface area (Å²) in [7, 11) is 0. The summed E-state index contributed by atoms with van der Waals surface area (Å²) in [4.78, 5) is 11.2. The Hall–Kier alpha value is -1.07. The molecule has 19 heavy (non-hydrogen) atoms. The van der Waals surface area contributed by atoms with Crippen LogP contribution in [0.4, 0.5) is 0 Å². The van der Waals surface area contributed by atoms with Gasteiger partial charge in [0, 0.05) is 22.0 Å². The highest BCUT2D eigenvalue weighted by Crippen LogP contribution is 2.51. The Morgan fingerprint density at radius 1 is 1.32 bits per heavy atom. The van der Waals surface area contributed by atoms with Crippen LogP contribution in [0.15, 0.2) is 10.5 Å². The third-order valence-electron chi connectivity index (χ3n) is 4.27. The van der Waals surface area contributed by atoms with E-state index in [1.54, 1.807) is 0 Å². The Morgan fingerprint density at radius 3 is 2.63 bits per heavy atom. The first kappa shape index (κ1) is 12.9. The van der Waals surface area contributed by atoms with E-state index in [0.717, 1.165) is 29.2 Å². The molecule has 1 fully saturated rings. The van der Waals surface area contributed by atoms with Gasteiger partial charge in [-0.05, 0) is 34.8 Å². The summed E-state index contributed by atoms with van der Waals surface area (Å²) in [5, 5.41) is 0. The largest absolute Gasteiger partial charge is 0.453 e. The van der Waals surface area contributed by atoms with E-state index in [9.17, 15) is 4.79 Å². The second-order valence-electron chi connectivity index (χ2n) is 5.19. The molecule has 1 aromatic carbocycles. The molecule has 1 saturated carbocycles. The predicted octanol–water partition coefficient (Wildman–Crippen LogP) is 2.76. The molecule has 2 N–H and O–H groups in total. The van der Waals surface area contributed by atoms with Gasteiger partial charge < -0.3 is 15.2 Å². The number of nitrogens with two attached hydrogens (primary N) is 1. The SMILES string of the molecule is NCC1(c2cc(Br)c(C=O)c3c2OCO3)CCCC1. The lowest BCUT2D eigenvalue weighted by atomic mass is 9.78. The van der Waals surface area contributed by atoms with Gasteiger partial charge in [-0.1, -0.05) is 12.8 Å². The summed E-state index contributed by atoms with van der Waals surface area (Å²) in [6.45, 7) is 0.760. The van der Waals surface area contributed by atoms with Crippen molar-refractivity contribution in [1.82, 2.24) is 0 Å². The molecule has 5 heteroatoms. The Kier molecular flexibility index (Phi) is 3.27. The molecule has 3 rings (SSSR count). The molecule has 1 aromatic rings. The number of hydrogen-bond donors (Lipinski definition) is 1. The Morgan fingerprint density at radius 2 is 2.00 bits per heavy atom.